The maximum atomic E-state index is 13.6. The third-order valence-corrected chi connectivity index (χ3v) is 10.5. The summed E-state index contributed by atoms with van der Waals surface area (Å²) in [4.78, 5) is 13.6. The zero-order valence-electron chi connectivity index (χ0n) is 21.6. The van der Waals surface area contributed by atoms with E-state index in [9.17, 15) is 15.2 Å². The topological polar surface area (TPSA) is 78.9 Å². The number of nitriles is 1. The molecule has 1 N–H and O–H groups in total. The molecule has 0 amide bonds. The van der Waals surface area contributed by atoms with Crippen LogP contribution < -0.4 is 0 Å². The number of aliphatic hydroxyl groups is 1. The molecule has 0 aromatic carbocycles. The molecule has 5 nitrogen and oxygen atoms in total. The predicted molar refractivity (Wildman–Crippen MR) is 132 cm³/mol. The quantitative estimate of drug-likeness (QED) is 0.619. The van der Waals surface area contributed by atoms with Crippen LogP contribution in [-0.4, -0.2) is 26.3 Å². The third kappa shape index (κ3) is 4.15. The van der Waals surface area contributed by atoms with Gasteiger partial charge in [0.1, 0.15) is 6.07 Å². The van der Waals surface area contributed by atoms with Crippen LogP contribution in [0.2, 0.25) is 0 Å². The van der Waals surface area contributed by atoms with Crippen molar-refractivity contribution in [2.24, 2.45) is 46.8 Å². The molecule has 34 heavy (non-hydrogen) atoms. The van der Waals surface area contributed by atoms with Crippen LogP contribution in [0.15, 0.2) is 6.20 Å². The van der Waals surface area contributed by atoms with Crippen molar-refractivity contribution in [3.63, 3.8) is 0 Å². The van der Waals surface area contributed by atoms with Crippen molar-refractivity contribution in [2.75, 3.05) is 0 Å². The van der Waals surface area contributed by atoms with Gasteiger partial charge in [0.2, 0.25) is 0 Å². The summed E-state index contributed by atoms with van der Waals surface area (Å²) in [6.45, 7) is 9.00. The van der Waals surface area contributed by atoms with Crippen molar-refractivity contribution in [3.8, 4) is 6.07 Å². The lowest BCUT2D eigenvalue weighted by molar-refractivity contribution is -0.133. The first-order valence-electron chi connectivity index (χ1n) is 13.8. The fourth-order valence-electron chi connectivity index (χ4n) is 9.05. The molecule has 8 atom stereocenters. The second-order valence-electron chi connectivity index (χ2n) is 13.2. The van der Waals surface area contributed by atoms with Gasteiger partial charge >= 0.3 is 0 Å². The maximum absolute atomic E-state index is 13.6. The first kappa shape index (κ1) is 24.0. The molecule has 4 aliphatic rings. The molecule has 4 fully saturated rings. The second-order valence-corrected chi connectivity index (χ2v) is 13.2. The Morgan fingerprint density at radius 1 is 1.15 bits per heavy atom. The number of Topliss-reactive ketones (excluding diaryl/α,β-unsaturated/α-hetero) is 1. The van der Waals surface area contributed by atoms with Gasteiger partial charge in [-0.05, 0) is 112 Å². The van der Waals surface area contributed by atoms with Gasteiger partial charge < -0.3 is 5.11 Å². The molecule has 0 radical (unpaired) electrons. The minimum absolute atomic E-state index is 0.108. The van der Waals surface area contributed by atoms with Gasteiger partial charge in [-0.1, -0.05) is 20.8 Å². The van der Waals surface area contributed by atoms with E-state index in [1.165, 1.54) is 32.1 Å². The Balaban J connectivity index is 1.29. The van der Waals surface area contributed by atoms with Gasteiger partial charge in [0, 0.05) is 12.1 Å². The number of hydrogen-bond donors (Lipinski definition) is 1. The fraction of sp³-hybridized carbons (Fsp3) is 0.828. The van der Waals surface area contributed by atoms with E-state index < -0.39 is 5.60 Å². The van der Waals surface area contributed by atoms with Gasteiger partial charge in [-0.25, -0.2) is 0 Å². The van der Waals surface area contributed by atoms with Crippen LogP contribution in [0.4, 0.5) is 0 Å². The number of rotatable bonds is 5. The average molecular weight is 466 g/mol. The smallest absolute Gasteiger partial charge is 0.157 e. The van der Waals surface area contributed by atoms with Crippen LogP contribution in [0.25, 0.3) is 0 Å². The Morgan fingerprint density at radius 3 is 2.65 bits per heavy atom. The lowest BCUT2D eigenvalue weighted by atomic mass is 9.49. The van der Waals surface area contributed by atoms with Crippen molar-refractivity contribution in [1.82, 2.24) is 9.78 Å². The lowest BCUT2D eigenvalue weighted by Crippen LogP contribution is -2.51. The maximum Gasteiger partial charge on any atom is 0.157 e. The van der Waals surface area contributed by atoms with E-state index in [-0.39, 0.29) is 11.3 Å². The van der Waals surface area contributed by atoms with Gasteiger partial charge in [0.25, 0.3) is 0 Å². The van der Waals surface area contributed by atoms with Crippen LogP contribution in [0.5, 0.6) is 0 Å². The van der Waals surface area contributed by atoms with Crippen molar-refractivity contribution >= 4 is 5.78 Å². The molecule has 0 saturated heterocycles. The number of carbonyl (C=O) groups excluding carboxylic acids is 1. The highest BCUT2D eigenvalue weighted by Gasteiger charge is 2.58. The van der Waals surface area contributed by atoms with E-state index in [1.54, 1.807) is 10.9 Å². The Morgan fingerprint density at radius 2 is 1.91 bits per heavy atom. The summed E-state index contributed by atoms with van der Waals surface area (Å²) in [7, 11) is 0. The normalized spacial score (nSPS) is 41.4. The molecule has 5 rings (SSSR count). The molecular formula is C29H43N3O2. The number of hydrogen-bond acceptors (Lipinski definition) is 4. The largest absolute Gasteiger partial charge is 0.390 e. The van der Waals surface area contributed by atoms with Gasteiger partial charge in [-0.3, -0.25) is 9.48 Å². The Hall–Kier alpha value is -1.67. The van der Waals surface area contributed by atoms with Gasteiger partial charge in [0.15, 0.2) is 5.78 Å². The summed E-state index contributed by atoms with van der Waals surface area (Å²) in [5.74, 6) is 4.56. The summed E-state index contributed by atoms with van der Waals surface area (Å²) in [5.41, 5.74) is 1.08. The number of ketones is 1. The fourth-order valence-corrected chi connectivity index (χ4v) is 9.05. The van der Waals surface area contributed by atoms with Crippen molar-refractivity contribution in [3.05, 3.63) is 17.5 Å². The molecule has 4 saturated carbocycles. The second kappa shape index (κ2) is 8.77. The SMILES string of the molecule is CC(C)Cc1nn(CC(=O)[C@H]2CC[C@H]3[C@@H]4CC[C@H]5C[C@](C)(O)CC[C@@H]5[C@H]4CC[C@]23C)cc1C#N. The molecule has 5 heteroatoms. The molecule has 1 heterocycles. The van der Waals surface area contributed by atoms with Crippen LogP contribution in [0.1, 0.15) is 96.7 Å². The number of nitrogens with zero attached hydrogens (tertiary/aromatic N) is 3. The third-order valence-electron chi connectivity index (χ3n) is 10.5. The van der Waals surface area contributed by atoms with Crippen LogP contribution in [-0.2, 0) is 17.8 Å². The van der Waals surface area contributed by atoms with Gasteiger partial charge in [-0.2, -0.15) is 10.4 Å². The molecule has 4 aliphatic carbocycles. The number of aromatic nitrogens is 2. The molecule has 0 aliphatic heterocycles. The standard InChI is InChI=1S/C29H43N3O2/c1-18(2)13-26-20(15-30)16-32(31-26)17-27(33)25-8-7-24-23-6-5-19-14-28(3,34)11-9-21(19)22(23)10-12-29(24,25)4/h16,18-19,21-25,34H,5-14,17H2,1-4H3/t19-,21-,22+,23+,24-,25+,28+,29-/m0/s1. The van der Waals surface area contributed by atoms with Crippen LogP contribution in [0.3, 0.4) is 0 Å². The first-order valence-corrected chi connectivity index (χ1v) is 13.8. The van der Waals surface area contributed by atoms with E-state index in [2.05, 4.69) is 31.9 Å². The summed E-state index contributed by atoms with van der Waals surface area (Å²) in [6, 6.07) is 2.27. The van der Waals surface area contributed by atoms with Gasteiger partial charge in [0.05, 0.1) is 23.4 Å². The molecular weight excluding hydrogens is 422 g/mol. The van der Waals surface area contributed by atoms with Crippen molar-refractivity contribution in [1.29, 1.82) is 5.26 Å². The highest BCUT2D eigenvalue weighted by atomic mass is 16.3. The van der Waals surface area contributed by atoms with Crippen molar-refractivity contribution < 1.29 is 9.90 Å². The summed E-state index contributed by atoms with van der Waals surface area (Å²) >= 11 is 0. The first-order chi connectivity index (χ1) is 16.1. The molecule has 1 aromatic rings. The summed E-state index contributed by atoms with van der Waals surface area (Å²) < 4.78 is 1.74. The van der Waals surface area contributed by atoms with E-state index >= 15 is 0 Å². The highest BCUT2D eigenvalue weighted by molar-refractivity contribution is 5.82. The van der Waals surface area contributed by atoms with E-state index in [4.69, 9.17) is 0 Å². The lowest BCUT2D eigenvalue weighted by Gasteiger charge is -2.56. The minimum Gasteiger partial charge on any atom is -0.390 e. The Kier molecular flexibility index (Phi) is 6.20. The van der Waals surface area contributed by atoms with Crippen LogP contribution in [0, 0.1) is 58.2 Å². The monoisotopic (exact) mass is 465 g/mol. The van der Waals surface area contributed by atoms with Crippen molar-refractivity contribution in [2.45, 2.75) is 104 Å². The molecule has 0 spiro atoms. The zero-order chi connectivity index (χ0) is 24.3. The molecule has 0 bridgehead atoms. The Bertz CT molecular complexity index is 973. The minimum atomic E-state index is -0.463. The number of fused-ring (bicyclic) bond motifs is 5. The predicted octanol–water partition coefficient (Wildman–Crippen LogP) is 5.54. The molecule has 186 valence electrons. The average Bonchev–Trinajstić information content (AvgIpc) is 3.31. The van der Waals surface area contributed by atoms with E-state index in [0.29, 0.717) is 35.6 Å². The van der Waals surface area contributed by atoms with Gasteiger partial charge in [-0.15, -0.1) is 0 Å². The number of carbonyl (C=O) groups is 1. The highest BCUT2D eigenvalue weighted by Crippen LogP contribution is 2.64. The van der Waals surface area contributed by atoms with E-state index in [0.717, 1.165) is 55.6 Å². The summed E-state index contributed by atoms with van der Waals surface area (Å²) in [6.07, 6.45) is 12.8. The van der Waals surface area contributed by atoms with Crippen LogP contribution >= 0.6 is 0 Å². The zero-order valence-corrected chi connectivity index (χ0v) is 21.6. The summed E-state index contributed by atoms with van der Waals surface area (Å²) in [5, 5.41) is 24.8. The molecule has 0 unspecified atom stereocenters. The molecule has 1 aromatic heterocycles. The Labute approximate surface area is 205 Å². The van der Waals surface area contributed by atoms with E-state index in [1.807, 2.05) is 6.92 Å².